The van der Waals surface area contributed by atoms with Crippen LogP contribution in [0.25, 0.3) is 0 Å². The first kappa shape index (κ1) is 15.4. The van der Waals surface area contributed by atoms with E-state index in [4.69, 9.17) is 11.6 Å². The number of hydrogen-bond acceptors (Lipinski definition) is 6. The molecule has 9 heteroatoms. The molecule has 3 rings (SSSR count). The zero-order chi connectivity index (χ0) is 16.2. The molecule has 1 N–H and O–H groups in total. The molecule has 0 unspecified atom stereocenters. The van der Waals surface area contributed by atoms with Crippen LogP contribution in [0.4, 0.5) is 21.8 Å². The van der Waals surface area contributed by atoms with Crippen molar-refractivity contribution in [3.05, 3.63) is 35.2 Å². The van der Waals surface area contributed by atoms with Gasteiger partial charge in [-0.3, -0.25) is 4.79 Å². The minimum Gasteiger partial charge on any atom is -0.342 e. The number of rotatable bonds is 4. The van der Waals surface area contributed by atoms with Crippen molar-refractivity contribution in [1.29, 1.82) is 0 Å². The number of halogens is 2. The Morgan fingerprint density at radius 3 is 2.74 bits per heavy atom. The van der Waals surface area contributed by atoms with Crippen LogP contribution in [0.1, 0.15) is 0 Å². The van der Waals surface area contributed by atoms with E-state index in [0.29, 0.717) is 43.6 Å². The predicted octanol–water partition coefficient (Wildman–Crippen LogP) is 1.69. The molecule has 1 fully saturated rings. The number of nitrogens with one attached hydrogen (secondary N) is 1. The van der Waals surface area contributed by atoms with Gasteiger partial charge in [-0.15, -0.1) is 5.10 Å². The number of anilines is 3. The minimum absolute atomic E-state index is 0.0298. The lowest BCUT2D eigenvalue weighted by Gasteiger charge is -2.32. The highest BCUT2D eigenvalue weighted by Crippen LogP contribution is 2.22. The number of aromatic nitrogens is 3. The van der Waals surface area contributed by atoms with Crippen LogP contribution in [0.15, 0.2) is 24.4 Å². The van der Waals surface area contributed by atoms with E-state index in [2.05, 4.69) is 20.5 Å². The molecule has 1 amide bonds. The van der Waals surface area contributed by atoms with E-state index in [9.17, 15) is 9.18 Å². The molecule has 0 radical (unpaired) electrons. The van der Waals surface area contributed by atoms with Crippen molar-refractivity contribution >= 4 is 35.5 Å². The first-order valence-corrected chi connectivity index (χ1v) is 7.39. The van der Waals surface area contributed by atoms with Crippen LogP contribution in [0.2, 0.25) is 5.02 Å². The number of carbonyl (C=O) groups is 1. The van der Waals surface area contributed by atoms with Gasteiger partial charge >= 0.3 is 0 Å². The molecule has 1 aromatic heterocycles. The van der Waals surface area contributed by atoms with E-state index in [1.165, 1.54) is 18.3 Å². The maximum atomic E-state index is 13.2. The fourth-order valence-electron chi connectivity index (χ4n) is 2.24. The third kappa shape index (κ3) is 3.65. The van der Waals surface area contributed by atoms with Crippen LogP contribution < -0.4 is 10.2 Å². The van der Waals surface area contributed by atoms with Crippen molar-refractivity contribution in [2.75, 3.05) is 36.4 Å². The summed E-state index contributed by atoms with van der Waals surface area (Å²) in [5, 5.41) is 11.0. The SMILES string of the molecule is O=CN1CCN(c2nncc(Nc3ccc(F)c(Cl)c3)n2)CC1. The number of nitrogens with zero attached hydrogens (tertiary/aromatic N) is 5. The summed E-state index contributed by atoms with van der Waals surface area (Å²) in [4.78, 5) is 18.8. The molecule has 0 saturated carbocycles. The molecular weight excluding hydrogens is 323 g/mol. The average Bonchev–Trinajstić information content (AvgIpc) is 2.58. The second-order valence-electron chi connectivity index (χ2n) is 5.02. The van der Waals surface area contributed by atoms with Gasteiger partial charge in [0.2, 0.25) is 12.4 Å². The highest BCUT2D eigenvalue weighted by molar-refractivity contribution is 6.31. The molecule has 0 spiro atoms. The van der Waals surface area contributed by atoms with Crippen molar-refractivity contribution < 1.29 is 9.18 Å². The van der Waals surface area contributed by atoms with Gasteiger partial charge in [0.15, 0.2) is 5.82 Å². The standard InChI is InChI=1S/C14H14ClFN6O/c15-11-7-10(1-2-12(11)16)18-13-8-17-20-14(19-13)22-5-3-21(9-23)4-6-22/h1-2,7-9H,3-6H2,(H,18,19,20). The lowest BCUT2D eigenvalue weighted by molar-refractivity contribution is -0.118. The Hall–Kier alpha value is -2.48. The van der Waals surface area contributed by atoms with Gasteiger partial charge in [0.25, 0.3) is 0 Å². The Morgan fingerprint density at radius 2 is 2.04 bits per heavy atom. The molecular formula is C14H14ClFN6O. The first-order chi connectivity index (χ1) is 11.2. The van der Waals surface area contributed by atoms with Gasteiger partial charge < -0.3 is 15.1 Å². The van der Waals surface area contributed by atoms with Gasteiger partial charge in [0.05, 0.1) is 11.2 Å². The first-order valence-electron chi connectivity index (χ1n) is 7.02. The Labute approximate surface area is 137 Å². The third-order valence-corrected chi connectivity index (χ3v) is 3.78. The Bertz CT molecular complexity index is 707. The molecule has 1 aromatic carbocycles. The number of hydrogen-bond donors (Lipinski definition) is 1. The topological polar surface area (TPSA) is 74.2 Å². The molecule has 0 atom stereocenters. The molecule has 1 aliphatic heterocycles. The summed E-state index contributed by atoms with van der Waals surface area (Å²) in [6, 6.07) is 4.31. The van der Waals surface area contributed by atoms with Crippen molar-refractivity contribution in [2.45, 2.75) is 0 Å². The molecule has 7 nitrogen and oxygen atoms in total. The van der Waals surface area contributed by atoms with Gasteiger partial charge in [-0.05, 0) is 18.2 Å². The van der Waals surface area contributed by atoms with Crippen molar-refractivity contribution in [3.8, 4) is 0 Å². The monoisotopic (exact) mass is 336 g/mol. The van der Waals surface area contributed by atoms with Crippen molar-refractivity contribution in [1.82, 2.24) is 20.1 Å². The van der Waals surface area contributed by atoms with Gasteiger partial charge in [-0.1, -0.05) is 11.6 Å². The second kappa shape index (κ2) is 6.74. The highest BCUT2D eigenvalue weighted by atomic mass is 35.5. The molecule has 1 saturated heterocycles. The summed E-state index contributed by atoms with van der Waals surface area (Å²) in [6.07, 6.45) is 2.31. The average molecular weight is 337 g/mol. The van der Waals surface area contributed by atoms with Crippen LogP contribution in [-0.2, 0) is 4.79 Å². The lowest BCUT2D eigenvalue weighted by Crippen LogP contribution is -2.46. The number of carbonyl (C=O) groups excluding carboxylic acids is 1. The summed E-state index contributed by atoms with van der Waals surface area (Å²) in [5.41, 5.74) is 0.605. The van der Waals surface area contributed by atoms with E-state index >= 15 is 0 Å². The molecule has 120 valence electrons. The maximum Gasteiger partial charge on any atom is 0.247 e. The lowest BCUT2D eigenvalue weighted by atomic mass is 10.3. The van der Waals surface area contributed by atoms with Crippen LogP contribution in [0.5, 0.6) is 0 Å². The maximum absolute atomic E-state index is 13.2. The quantitative estimate of drug-likeness (QED) is 0.856. The fraction of sp³-hybridized carbons (Fsp3) is 0.286. The van der Waals surface area contributed by atoms with Gasteiger partial charge in [0, 0.05) is 31.9 Å². The Morgan fingerprint density at radius 1 is 1.26 bits per heavy atom. The van der Waals surface area contributed by atoms with Gasteiger partial charge in [-0.25, -0.2) is 4.39 Å². The molecule has 0 aliphatic carbocycles. The van der Waals surface area contributed by atoms with Gasteiger partial charge in [0.1, 0.15) is 5.82 Å². The second-order valence-corrected chi connectivity index (χ2v) is 5.43. The summed E-state index contributed by atoms with van der Waals surface area (Å²) < 4.78 is 13.2. The zero-order valence-electron chi connectivity index (χ0n) is 12.1. The largest absolute Gasteiger partial charge is 0.342 e. The van der Waals surface area contributed by atoms with Crippen molar-refractivity contribution in [3.63, 3.8) is 0 Å². The zero-order valence-corrected chi connectivity index (χ0v) is 12.9. The summed E-state index contributed by atoms with van der Waals surface area (Å²) in [7, 11) is 0. The molecule has 23 heavy (non-hydrogen) atoms. The van der Waals surface area contributed by atoms with E-state index in [0.717, 1.165) is 6.41 Å². The predicted molar refractivity (Wildman–Crippen MR) is 84.4 cm³/mol. The summed E-state index contributed by atoms with van der Waals surface area (Å²) in [6.45, 7) is 2.54. The minimum atomic E-state index is -0.480. The number of piperazine rings is 1. The molecule has 1 aliphatic rings. The fourth-order valence-corrected chi connectivity index (χ4v) is 2.42. The van der Waals surface area contributed by atoms with E-state index in [1.54, 1.807) is 11.0 Å². The number of benzene rings is 1. The van der Waals surface area contributed by atoms with Crippen LogP contribution in [0, 0.1) is 5.82 Å². The highest BCUT2D eigenvalue weighted by Gasteiger charge is 2.18. The van der Waals surface area contributed by atoms with Gasteiger partial charge in [-0.2, -0.15) is 10.1 Å². The summed E-state index contributed by atoms with van der Waals surface area (Å²) in [5.74, 6) is 0.482. The Balaban J connectivity index is 1.72. The Kier molecular flexibility index (Phi) is 4.52. The smallest absolute Gasteiger partial charge is 0.247 e. The molecule has 2 aromatic rings. The van der Waals surface area contributed by atoms with E-state index in [1.807, 2.05) is 4.90 Å². The van der Waals surface area contributed by atoms with Crippen LogP contribution in [0.3, 0.4) is 0 Å². The third-order valence-electron chi connectivity index (χ3n) is 3.49. The van der Waals surface area contributed by atoms with Crippen molar-refractivity contribution in [2.24, 2.45) is 0 Å². The molecule has 2 heterocycles. The normalized spacial score (nSPS) is 14.7. The van der Waals surface area contributed by atoms with Crippen LogP contribution in [-0.4, -0.2) is 52.7 Å². The van der Waals surface area contributed by atoms with E-state index < -0.39 is 5.82 Å². The number of amides is 1. The van der Waals surface area contributed by atoms with E-state index in [-0.39, 0.29) is 5.02 Å². The van der Waals surface area contributed by atoms with Crippen LogP contribution >= 0.6 is 11.6 Å². The summed E-state index contributed by atoms with van der Waals surface area (Å²) >= 11 is 5.76. The molecule has 0 bridgehead atoms.